The fourth-order valence-corrected chi connectivity index (χ4v) is 1.56. The fraction of sp³-hybridized carbons (Fsp3) is 0.231. The molecule has 4 heteroatoms. The van der Waals surface area contributed by atoms with Gasteiger partial charge < -0.3 is 9.84 Å². The monoisotopic (exact) mass is 230 g/mol. The Morgan fingerprint density at radius 1 is 1.35 bits per heavy atom. The van der Waals surface area contributed by atoms with Crippen molar-refractivity contribution in [2.24, 2.45) is 0 Å². The standard InChI is InChI=1S/C13H14N2O2/c1-2-17-11-5-3-4-10(8-11)13(16)12-9-14-6-7-15-12/h3-9,13,16H,2H2,1H3. The summed E-state index contributed by atoms with van der Waals surface area (Å²) in [7, 11) is 0. The van der Waals surface area contributed by atoms with Gasteiger partial charge in [0.15, 0.2) is 0 Å². The molecular weight excluding hydrogens is 216 g/mol. The Balaban J connectivity index is 2.25. The molecule has 0 fully saturated rings. The lowest BCUT2D eigenvalue weighted by Gasteiger charge is -2.11. The van der Waals surface area contributed by atoms with Crippen LogP contribution in [0.4, 0.5) is 0 Å². The van der Waals surface area contributed by atoms with E-state index in [0.29, 0.717) is 12.3 Å². The zero-order valence-corrected chi connectivity index (χ0v) is 9.58. The highest BCUT2D eigenvalue weighted by Gasteiger charge is 2.12. The smallest absolute Gasteiger partial charge is 0.123 e. The number of rotatable bonds is 4. The average molecular weight is 230 g/mol. The number of aliphatic hydroxyl groups is 1. The molecule has 1 unspecified atom stereocenters. The molecule has 1 N–H and O–H groups in total. The Labute approximate surface area is 99.9 Å². The summed E-state index contributed by atoms with van der Waals surface area (Å²) in [5.41, 5.74) is 1.28. The van der Waals surface area contributed by atoms with Gasteiger partial charge in [0, 0.05) is 12.4 Å². The molecular formula is C13H14N2O2. The molecule has 1 aromatic heterocycles. The van der Waals surface area contributed by atoms with Gasteiger partial charge >= 0.3 is 0 Å². The quantitative estimate of drug-likeness (QED) is 0.872. The highest BCUT2D eigenvalue weighted by atomic mass is 16.5. The summed E-state index contributed by atoms with van der Waals surface area (Å²) in [5.74, 6) is 0.743. The number of benzene rings is 1. The summed E-state index contributed by atoms with van der Waals surface area (Å²) >= 11 is 0. The van der Waals surface area contributed by atoms with Gasteiger partial charge in [-0.3, -0.25) is 9.97 Å². The van der Waals surface area contributed by atoms with Gasteiger partial charge in [-0.1, -0.05) is 12.1 Å². The number of aromatic nitrogens is 2. The SMILES string of the molecule is CCOc1cccc(C(O)c2cnccn2)c1. The first-order chi connectivity index (χ1) is 8.31. The first-order valence-electron chi connectivity index (χ1n) is 5.48. The minimum absolute atomic E-state index is 0.529. The topological polar surface area (TPSA) is 55.2 Å². The van der Waals surface area contributed by atoms with Gasteiger partial charge in [-0.25, -0.2) is 0 Å². The molecule has 0 aliphatic carbocycles. The molecule has 0 aliphatic heterocycles. The zero-order chi connectivity index (χ0) is 12.1. The molecule has 2 rings (SSSR count). The van der Waals surface area contributed by atoms with E-state index >= 15 is 0 Å². The fourth-order valence-electron chi connectivity index (χ4n) is 1.56. The van der Waals surface area contributed by atoms with Gasteiger partial charge in [-0.05, 0) is 24.6 Å². The zero-order valence-electron chi connectivity index (χ0n) is 9.58. The molecule has 17 heavy (non-hydrogen) atoms. The van der Waals surface area contributed by atoms with Gasteiger partial charge in [0.05, 0.1) is 18.5 Å². The van der Waals surface area contributed by atoms with E-state index in [2.05, 4.69) is 9.97 Å². The number of hydrogen-bond donors (Lipinski definition) is 1. The average Bonchev–Trinajstić information content (AvgIpc) is 2.40. The summed E-state index contributed by atoms with van der Waals surface area (Å²) in [6.45, 7) is 2.52. The molecule has 4 nitrogen and oxygen atoms in total. The number of ether oxygens (including phenoxy) is 1. The predicted molar refractivity (Wildman–Crippen MR) is 63.7 cm³/mol. The second-order valence-corrected chi connectivity index (χ2v) is 3.54. The lowest BCUT2D eigenvalue weighted by Crippen LogP contribution is -2.03. The summed E-state index contributed by atoms with van der Waals surface area (Å²) < 4.78 is 5.39. The lowest BCUT2D eigenvalue weighted by atomic mass is 10.1. The van der Waals surface area contributed by atoms with Crippen LogP contribution >= 0.6 is 0 Å². The third-order valence-corrected chi connectivity index (χ3v) is 2.35. The maximum Gasteiger partial charge on any atom is 0.123 e. The second-order valence-electron chi connectivity index (χ2n) is 3.54. The van der Waals surface area contributed by atoms with E-state index in [-0.39, 0.29) is 0 Å². The number of aliphatic hydroxyl groups excluding tert-OH is 1. The third kappa shape index (κ3) is 2.79. The molecule has 0 radical (unpaired) electrons. The second kappa shape index (κ2) is 5.41. The Morgan fingerprint density at radius 2 is 2.24 bits per heavy atom. The van der Waals surface area contributed by atoms with Crippen LogP contribution in [-0.2, 0) is 0 Å². The van der Waals surface area contributed by atoms with E-state index in [1.807, 2.05) is 31.2 Å². The van der Waals surface area contributed by atoms with Crippen LogP contribution in [-0.4, -0.2) is 21.7 Å². The highest BCUT2D eigenvalue weighted by molar-refractivity contribution is 5.32. The molecule has 1 heterocycles. The van der Waals surface area contributed by atoms with E-state index in [4.69, 9.17) is 4.74 Å². The Kier molecular flexibility index (Phi) is 3.67. The maximum atomic E-state index is 10.1. The Bertz CT molecular complexity index is 474. The first kappa shape index (κ1) is 11.5. The van der Waals surface area contributed by atoms with Crippen molar-refractivity contribution in [2.75, 3.05) is 6.61 Å². The number of hydrogen-bond acceptors (Lipinski definition) is 4. The minimum Gasteiger partial charge on any atom is -0.494 e. The normalized spacial score (nSPS) is 12.1. The molecule has 0 amide bonds. The predicted octanol–water partition coefficient (Wildman–Crippen LogP) is 1.96. The van der Waals surface area contributed by atoms with Crippen molar-refractivity contribution >= 4 is 0 Å². The van der Waals surface area contributed by atoms with E-state index < -0.39 is 6.10 Å². The maximum absolute atomic E-state index is 10.1. The van der Waals surface area contributed by atoms with Crippen LogP contribution in [0, 0.1) is 0 Å². The Hall–Kier alpha value is -1.94. The summed E-state index contributed by atoms with van der Waals surface area (Å²) in [6.07, 6.45) is 3.92. The van der Waals surface area contributed by atoms with Crippen molar-refractivity contribution < 1.29 is 9.84 Å². The van der Waals surface area contributed by atoms with Crippen molar-refractivity contribution in [3.63, 3.8) is 0 Å². The van der Waals surface area contributed by atoms with Gasteiger partial charge in [-0.15, -0.1) is 0 Å². The minimum atomic E-state index is -0.774. The van der Waals surface area contributed by atoms with E-state index in [9.17, 15) is 5.11 Å². The summed E-state index contributed by atoms with van der Waals surface area (Å²) in [5, 5.41) is 10.1. The summed E-state index contributed by atoms with van der Waals surface area (Å²) in [4.78, 5) is 8.01. The van der Waals surface area contributed by atoms with Crippen molar-refractivity contribution in [1.29, 1.82) is 0 Å². The van der Waals surface area contributed by atoms with Gasteiger partial charge in [0.1, 0.15) is 11.9 Å². The molecule has 0 aliphatic rings. The van der Waals surface area contributed by atoms with Crippen LogP contribution in [0.25, 0.3) is 0 Å². The van der Waals surface area contributed by atoms with Crippen LogP contribution in [0.2, 0.25) is 0 Å². The molecule has 0 saturated heterocycles. The molecule has 88 valence electrons. The molecule has 1 atom stereocenters. The van der Waals surface area contributed by atoms with E-state index in [0.717, 1.165) is 11.3 Å². The van der Waals surface area contributed by atoms with E-state index in [1.165, 1.54) is 0 Å². The lowest BCUT2D eigenvalue weighted by molar-refractivity contribution is 0.214. The van der Waals surface area contributed by atoms with Crippen molar-refractivity contribution in [3.8, 4) is 5.75 Å². The molecule has 0 saturated carbocycles. The van der Waals surface area contributed by atoms with E-state index in [1.54, 1.807) is 18.6 Å². The van der Waals surface area contributed by atoms with Crippen LogP contribution < -0.4 is 4.74 Å². The number of nitrogens with zero attached hydrogens (tertiary/aromatic N) is 2. The molecule has 0 spiro atoms. The van der Waals surface area contributed by atoms with Crippen molar-refractivity contribution in [3.05, 3.63) is 54.1 Å². The van der Waals surface area contributed by atoms with Gasteiger partial charge in [0.25, 0.3) is 0 Å². The Morgan fingerprint density at radius 3 is 2.94 bits per heavy atom. The highest BCUT2D eigenvalue weighted by Crippen LogP contribution is 2.23. The van der Waals surface area contributed by atoms with Crippen molar-refractivity contribution in [2.45, 2.75) is 13.0 Å². The van der Waals surface area contributed by atoms with Gasteiger partial charge in [-0.2, -0.15) is 0 Å². The first-order valence-corrected chi connectivity index (χ1v) is 5.48. The molecule has 0 bridgehead atoms. The van der Waals surface area contributed by atoms with Crippen LogP contribution in [0.3, 0.4) is 0 Å². The van der Waals surface area contributed by atoms with Crippen LogP contribution in [0.15, 0.2) is 42.9 Å². The largest absolute Gasteiger partial charge is 0.494 e. The van der Waals surface area contributed by atoms with Gasteiger partial charge in [0.2, 0.25) is 0 Å². The molecule has 1 aromatic carbocycles. The summed E-state index contributed by atoms with van der Waals surface area (Å²) in [6, 6.07) is 7.35. The van der Waals surface area contributed by atoms with Crippen LogP contribution in [0.1, 0.15) is 24.3 Å². The van der Waals surface area contributed by atoms with Crippen LogP contribution in [0.5, 0.6) is 5.75 Å². The third-order valence-electron chi connectivity index (χ3n) is 2.35. The van der Waals surface area contributed by atoms with Crippen molar-refractivity contribution in [1.82, 2.24) is 9.97 Å². The molecule has 2 aromatic rings.